The molecule has 1 unspecified atom stereocenters. The lowest BCUT2D eigenvalue weighted by Gasteiger charge is -2.26. The zero-order valence-electron chi connectivity index (χ0n) is 8.16. The average Bonchev–Trinajstić information content (AvgIpc) is 2.29. The third-order valence-corrected chi connectivity index (χ3v) is 2.54. The Morgan fingerprint density at radius 2 is 2.31 bits per heavy atom. The summed E-state index contributed by atoms with van der Waals surface area (Å²) < 4.78 is 5.37. The van der Waals surface area contributed by atoms with Crippen LogP contribution in [-0.4, -0.2) is 42.2 Å². The number of rotatable bonds is 3. The number of nitrogens with two attached hydrogens (primary N) is 1. The van der Waals surface area contributed by atoms with E-state index in [1.807, 2.05) is 0 Å². The predicted molar refractivity (Wildman–Crippen MR) is 57.9 cm³/mol. The fraction of sp³-hybridized carbons (Fsp3) is 0.889. The van der Waals surface area contributed by atoms with E-state index >= 15 is 0 Å². The third-order valence-electron chi connectivity index (χ3n) is 2.38. The molecule has 0 aliphatic carbocycles. The highest BCUT2D eigenvalue weighted by Crippen LogP contribution is 2.07. The smallest absolute Gasteiger partial charge is 0.0742 e. The highest BCUT2D eigenvalue weighted by atomic mass is 32.1. The van der Waals surface area contributed by atoms with Crippen LogP contribution in [0.15, 0.2) is 0 Å². The van der Waals surface area contributed by atoms with Gasteiger partial charge in [-0.3, -0.25) is 4.90 Å². The van der Waals surface area contributed by atoms with E-state index in [-0.39, 0.29) is 0 Å². The number of hydrogen-bond acceptors (Lipinski definition) is 3. The molecule has 1 rings (SSSR count). The van der Waals surface area contributed by atoms with Crippen LogP contribution in [0.1, 0.15) is 19.8 Å². The first-order valence-corrected chi connectivity index (χ1v) is 5.21. The number of nitrogens with zero attached hydrogens (tertiary/aromatic N) is 1. The van der Waals surface area contributed by atoms with E-state index in [2.05, 4.69) is 11.8 Å². The fourth-order valence-corrected chi connectivity index (χ4v) is 1.87. The topological polar surface area (TPSA) is 38.5 Å². The maximum absolute atomic E-state index is 5.51. The van der Waals surface area contributed by atoms with Crippen molar-refractivity contribution in [3.63, 3.8) is 0 Å². The Hall–Kier alpha value is -0.190. The van der Waals surface area contributed by atoms with Gasteiger partial charge in [-0.2, -0.15) is 0 Å². The lowest BCUT2D eigenvalue weighted by Crippen LogP contribution is -2.37. The largest absolute Gasteiger partial charge is 0.393 e. The summed E-state index contributed by atoms with van der Waals surface area (Å²) in [7, 11) is 0. The van der Waals surface area contributed by atoms with Crippen molar-refractivity contribution in [2.24, 2.45) is 5.73 Å². The van der Waals surface area contributed by atoms with E-state index in [1.54, 1.807) is 0 Å². The van der Waals surface area contributed by atoms with Crippen molar-refractivity contribution in [2.45, 2.75) is 25.8 Å². The lowest BCUT2D eigenvalue weighted by atomic mass is 10.2. The minimum atomic E-state index is 0.458. The zero-order chi connectivity index (χ0) is 9.68. The van der Waals surface area contributed by atoms with Crippen molar-refractivity contribution in [3.8, 4) is 0 Å². The van der Waals surface area contributed by atoms with E-state index in [9.17, 15) is 0 Å². The molecular formula is C9H18N2OS. The minimum Gasteiger partial charge on any atom is -0.393 e. The number of ether oxygens (including phenoxy) is 1. The molecule has 1 saturated heterocycles. The molecule has 0 radical (unpaired) electrons. The maximum atomic E-state index is 5.51. The first kappa shape index (κ1) is 10.9. The van der Waals surface area contributed by atoms with Crippen molar-refractivity contribution in [1.29, 1.82) is 0 Å². The number of thiocarbonyl (C=S) groups is 1. The van der Waals surface area contributed by atoms with Crippen LogP contribution in [0.4, 0.5) is 0 Å². The predicted octanol–water partition coefficient (Wildman–Crippen LogP) is 0.773. The molecule has 3 nitrogen and oxygen atoms in total. The second kappa shape index (κ2) is 5.52. The molecule has 13 heavy (non-hydrogen) atoms. The highest BCUT2D eigenvalue weighted by molar-refractivity contribution is 7.80. The molecule has 1 aliphatic rings. The summed E-state index contributed by atoms with van der Waals surface area (Å²) in [5.74, 6) is 0. The van der Waals surface area contributed by atoms with Gasteiger partial charge in [-0.05, 0) is 13.3 Å². The molecule has 4 heteroatoms. The second-order valence-corrected chi connectivity index (χ2v) is 4.05. The molecule has 1 fully saturated rings. The van der Waals surface area contributed by atoms with Crippen molar-refractivity contribution in [1.82, 2.24) is 4.90 Å². The van der Waals surface area contributed by atoms with Gasteiger partial charge in [0.2, 0.25) is 0 Å². The molecule has 1 heterocycles. The van der Waals surface area contributed by atoms with Gasteiger partial charge in [0.1, 0.15) is 0 Å². The van der Waals surface area contributed by atoms with E-state index in [0.717, 1.165) is 39.1 Å². The molecule has 0 bridgehead atoms. The SMILES string of the molecule is CC(CC(N)=S)N1CCCOCC1. The van der Waals surface area contributed by atoms with E-state index in [0.29, 0.717) is 11.0 Å². The normalized spacial score (nSPS) is 22.2. The van der Waals surface area contributed by atoms with Crippen LogP contribution in [0.25, 0.3) is 0 Å². The van der Waals surface area contributed by atoms with Crippen LogP contribution in [0.5, 0.6) is 0 Å². The molecule has 1 aliphatic heterocycles. The molecule has 0 aromatic rings. The lowest BCUT2D eigenvalue weighted by molar-refractivity contribution is 0.134. The van der Waals surface area contributed by atoms with Crippen LogP contribution < -0.4 is 5.73 Å². The minimum absolute atomic E-state index is 0.458. The molecular weight excluding hydrogens is 184 g/mol. The Kier molecular flexibility index (Phi) is 4.62. The first-order valence-electron chi connectivity index (χ1n) is 4.80. The molecule has 1 atom stereocenters. The van der Waals surface area contributed by atoms with Crippen molar-refractivity contribution in [2.75, 3.05) is 26.3 Å². The monoisotopic (exact) mass is 202 g/mol. The summed E-state index contributed by atoms with van der Waals surface area (Å²) in [6.07, 6.45) is 1.93. The standard InChI is InChI=1S/C9H18N2OS/c1-8(7-9(10)13)11-3-2-5-12-6-4-11/h8H,2-7H2,1H3,(H2,10,13). The van der Waals surface area contributed by atoms with Crippen LogP contribution >= 0.6 is 12.2 Å². The van der Waals surface area contributed by atoms with E-state index in [1.165, 1.54) is 0 Å². The zero-order valence-corrected chi connectivity index (χ0v) is 8.98. The van der Waals surface area contributed by atoms with Gasteiger partial charge in [0.25, 0.3) is 0 Å². The van der Waals surface area contributed by atoms with Gasteiger partial charge >= 0.3 is 0 Å². The fourth-order valence-electron chi connectivity index (χ4n) is 1.63. The van der Waals surface area contributed by atoms with Gasteiger partial charge in [0.15, 0.2) is 0 Å². The molecule has 0 spiro atoms. The van der Waals surface area contributed by atoms with Crippen LogP contribution in [0, 0.1) is 0 Å². The molecule has 0 amide bonds. The van der Waals surface area contributed by atoms with Gasteiger partial charge in [0.05, 0.1) is 11.6 Å². The van der Waals surface area contributed by atoms with Crippen LogP contribution in [0.2, 0.25) is 0 Å². The van der Waals surface area contributed by atoms with Crippen molar-refractivity contribution < 1.29 is 4.74 Å². The summed E-state index contributed by atoms with van der Waals surface area (Å²) in [5, 5.41) is 0. The summed E-state index contributed by atoms with van der Waals surface area (Å²) in [5.41, 5.74) is 5.51. The van der Waals surface area contributed by atoms with Gasteiger partial charge in [-0.15, -0.1) is 0 Å². The Balaban J connectivity index is 2.34. The summed E-state index contributed by atoms with van der Waals surface area (Å²) in [6.45, 7) is 6.00. The summed E-state index contributed by atoms with van der Waals surface area (Å²) in [6, 6.07) is 0.458. The Bertz CT molecular complexity index is 167. The van der Waals surface area contributed by atoms with Gasteiger partial charge in [-0.25, -0.2) is 0 Å². The molecule has 0 aromatic carbocycles. The summed E-state index contributed by atoms with van der Waals surface area (Å²) >= 11 is 4.89. The van der Waals surface area contributed by atoms with E-state index in [4.69, 9.17) is 22.7 Å². The molecule has 2 N–H and O–H groups in total. The summed E-state index contributed by atoms with van der Waals surface area (Å²) in [4.78, 5) is 3.00. The molecule has 0 saturated carbocycles. The highest BCUT2D eigenvalue weighted by Gasteiger charge is 2.15. The Labute approximate surface area is 85.2 Å². The second-order valence-electron chi connectivity index (χ2n) is 3.52. The Morgan fingerprint density at radius 3 is 3.00 bits per heavy atom. The van der Waals surface area contributed by atoms with Crippen LogP contribution in [-0.2, 0) is 4.74 Å². The Morgan fingerprint density at radius 1 is 1.54 bits per heavy atom. The molecule has 76 valence electrons. The van der Waals surface area contributed by atoms with E-state index < -0.39 is 0 Å². The quantitative estimate of drug-likeness (QED) is 0.686. The first-order chi connectivity index (χ1) is 6.20. The third kappa shape index (κ3) is 4.02. The average molecular weight is 202 g/mol. The number of hydrogen-bond donors (Lipinski definition) is 1. The van der Waals surface area contributed by atoms with Gasteiger partial charge < -0.3 is 10.5 Å². The van der Waals surface area contributed by atoms with Gasteiger partial charge in [0, 0.05) is 32.2 Å². The van der Waals surface area contributed by atoms with Gasteiger partial charge in [-0.1, -0.05) is 12.2 Å². The van der Waals surface area contributed by atoms with Crippen molar-refractivity contribution >= 4 is 17.2 Å². The van der Waals surface area contributed by atoms with Crippen molar-refractivity contribution in [3.05, 3.63) is 0 Å². The molecule has 0 aromatic heterocycles. The maximum Gasteiger partial charge on any atom is 0.0742 e. The van der Waals surface area contributed by atoms with Crippen LogP contribution in [0.3, 0.4) is 0 Å².